The number of carbonyl (C=O) groups is 2. The van der Waals surface area contributed by atoms with E-state index in [9.17, 15) is 9.59 Å². The molecule has 1 atom stereocenters. The van der Waals surface area contributed by atoms with Gasteiger partial charge in [0.1, 0.15) is 11.8 Å². The van der Waals surface area contributed by atoms with Crippen molar-refractivity contribution in [1.29, 1.82) is 0 Å². The van der Waals surface area contributed by atoms with Crippen LogP contribution in [0, 0.1) is 0 Å². The molecule has 0 radical (unpaired) electrons. The zero-order valence-corrected chi connectivity index (χ0v) is 14.0. The molecule has 1 aliphatic rings. The first-order valence-electron chi connectivity index (χ1n) is 7.49. The lowest BCUT2D eigenvalue weighted by atomic mass is 10.1. The second-order valence-corrected chi connectivity index (χ2v) is 6.30. The van der Waals surface area contributed by atoms with Crippen LogP contribution in [0.3, 0.4) is 0 Å². The Hall–Kier alpha value is -2.47. The lowest BCUT2D eigenvalue weighted by molar-refractivity contribution is 0.0518. The van der Waals surface area contributed by atoms with Gasteiger partial charge in [0.25, 0.3) is 0 Å². The highest BCUT2D eigenvalue weighted by Crippen LogP contribution is 2.37. The van der Waals surface area contributed by atoms with Gasteiger partial charge in [-0.15, -0.1) is 11.8 Å². The van der Waals surface area contributed by atoms with Crippen LogP contribution in [-0.2, 0) is 11.3 Å². The fourth-order valence-electron chi connectivity index (χ4n) is 2.98. The summed E-state index contributed by atoms with van der Waals surface area (Å²) in [4.78, 5) is 24.6. The molecule has 6 heteroatoms. The molecule has 0 fully saturated rings. The summed E-state index contributed by atoms with van der Waals surface area (Å²) in [5.74, 6) is -0.0720. The van der Waals surface area contributed by atoms with E-state index in [1.165, 1.54) is 11.8 Å². The molecular formula is C18H17NO4S. The average molecular weight is 343 g/mol. The van der Waals surface area contributed by atoms with E-state index in [2.05, 4.69) is 6.58 Å². The van der Waals surface area contributed by atoms with Crippen molar-refractivity contribution in [2.45, 2.75) is 24.0 Å². The third-order valence-electron chi connectivity index (χ3n) is 4.13. The standard InChI is InChI=1S/C18H17NO4S/c1-3-11-4-6-12(7-5-11)17(20)16-15(24-2)10-13-14(23-18(21)22)8-9-19(13)16/h3-7,10,14H,1,8-9H2,2H3,(H,21,22). The van der Waals surface area contributed by atoms with Crippen LogP contribution < -0.4 is 0 Å². The molecule has 0 amide bonds. The number of hydrogen-bond donors (Lipinski definition) is 1. The quantitative estimate of drug-likeness (QED) is 0.500. The Bertz CT molecular complexity index is 807. The number of hydrogen-bond acceptors (Lipinski definition) is 4. The van der Waals surface area contributed by atoms with Crippen LogP contribution in [0.4, 0.5) is 4.79 Å². The third kappa shape index (κ3) is 2.85. The largest absolute Gasteiger partial charge is 0.506 e. The highest BCUT2D eigenvalue weighted by Gasteiger charge is 2.32. The number of fused-ring (bicyclic) bond motifs is 1. The number of rotatable bonds is 5. The number of benzene rings is 1. The van der Waals surface area contributed by atoms with E-state index in [0.29, 0.717) is 24.2 Å². The molecule has 0 saturated carbocycles. The van der Waals surface area contributed by atoms with Crippen LogP contribution >= 0.6 is 11.8 Å². The average Bonchev–Trinajstić information content (AvgIpc) is 3.13. The zero-order chi connectivity index (χ0) is 17.3. The lowest BCUT2D eigenvalue weighted by Gasteiger charge is -2.08. The number of aromatic nitrogens is 1. The minimum atomic E-state index is -1.30. The molecule has 1 N–H and O–H groups in total. The number of thioether (sulfide) groups is 1. The molecule has 0 bridgehead atoms. The lowest BCUT2D eigenvalue weighted by Crippen LogP contribution is -2.10. The van der Waals surface area contributed by atoms with Gasteiger partial charge in [-0.3, -0.25) is 4.79 Å². The minimum Gasteiger partial charge on any atom is -0.450 e. The van der Waals surface area contributed by atoms with Gasteiger partial charge in [-0.2, -0.15) is 0 Å². The topological polar surface area (TPSA) is 68.5 Å². The number of carboxylic acid groups (broad SMARTS) is 1. The Kier molecular flexibility index (Phi) is 4.49. The molecule has 1 aromatic heterocycles. The minimum absolute atomic E-state index is 0.0720. The molecule has 5 nitrogen and oxygen atoms in total. The normalized spacial score (nSPS) is 15.8. The Morgan fingerprint density at radius 3 is 2.67 bits per heavy atom. The summed E-state index contributed by atoms with van der Waals surface area (Å²) in [5.41, 5.74) is 2.89. The van der Waals surface area contributed by atoms with Crippen LogP contribution in [0.5, 0.6) is 0 Å². The van der Waals surface area contributed by atoms with E-state index in [4.69, 9.17) is 9.84 Å². The second-order valence-electron chi connectivity index (χ2n) is 5.45. The van der Waals surface area contributed by atoms with Gasteiger partial charge < -0.3 is 14.4 Å². The van der Waals surface area contributed by atoms with Crippen LogP contribution in [0.1, 0.15) is 39.8 Å². The fourth-order valence-corrected chi connectivity index (χ4v) is 3.62. The van der Waals surface area contributed by atoms with Gasteiger partial charge in [0, 0.05) is 23.4 Å². The molecule has 3 rings (SSSR count). The molecule has 2 heterocycles. The van der Waals surface area contributed by atoms with Crippen molar-refractivity contribution < 1.29 is 19.4 Å². The van der Waals surface area contributed by atoms with E-state index < -0.39 is 12.3 Å². The summed E-state index contributed by atoms with van der Waals surface area (Å²) in [5, 5.41) is 8.86. The maximum atomic E-state index is 13.0. The number of ketones is 1. The smallest absolute Gasteiger partial charge is 0.450 e. The maximum absolute atomic E-state index is 13.0. The van der Waals surface area contributed by atoms with Gasteiger partial charge in [0.05, 0.1) is 5.69 Å². The third-order valence-corrected chi connectivity index (χ3v) is 4.88. The molecule has 0 spiro atoms. The van der Waals surface area contributed by atoms with Crippen molar-refractivity contribution in [3.05, 3.63) is 59.4 Å². The summed E-state index contributed by atoms with van der Waals surface area (Å²) >= 11 is 1.47. The van der Waals surface area contributed by atoms with Crippen LogP contribution in [0.15, 0.2) is 41.8 Å². The van der Waals surface area contributed by atoms with Gasteiger partial charge in [0.2, 0.25) is 5.78 Å². The van der Waals surface area contributed by atoms with E-state index >= 15 is 0 Å². The van der Waals surface area contributed by atoms with Crippen molar-refractivity contribution in [3.8, 4) is 0 Å². The van der Waals surface area contributed by atoms with E-state index in [1.54, 1.807) is 18.2 Å². The summed E-state index contributed by atoms with van der Waals surface area (Å²) < 4.78 is 6.81. The molecule has 124 valence electrons. The van der Waals surface area contributed by atoms with Crippen molar-refractivity contribution >= 4 is 29.8 Å². The van der Waals surface area contributed by atoms with Gasteiger partial charge >= 0.3 is 6.16 Å². The molecule has 0 aliphatic carbocycles. The zero-order valence-electron chi connectivity index (χ0n) is 13.2. The first-order valence-corrected chi connectivity index (χ1v) is 8.71. The van der Waals surface area contributed by atoms with E-state index in [1.807, 2.05) is 29.0 Å². The summed E-state index contributed by atoms with van der Waals surface area (Å²) in [6, 6.07) is 9.12. The molecule has 1 aliphatic heterocycles. The van der Waals surface area contributed by atoms with Crippen molar-refractivity contribution in [3.63, 3.8) is 0 Å². The predicted molar refractivity (Wildman–Crippen MR) is 92.6 cm³/mol. The molecular weight excluding hydrogens is 326 g/mol. The predicted octanol–water partition coefficient (Wildman–Crippen LogP) is 4.22. The Morgan fingerprint density at radius 2 is 2.08 bits per heavy atom. The molecule has 1 unspecified atom stereocenters. The Morgan fingerprint density at radius 1 is 1.38 bits per heavy atom. The highest BCUT2D eigenvalue weighted by molar-refractivity contribution is 7.98. The van der Waals surface area contributed by atoms with Crippen LogP contribution in [-0.4, -0.2) is 27.9 Å². The summed E-state index contributed by atoms with van der Waals surface area (Å²) in [7, 11) is 0. The van der Waals surface area contributed by atoms with Crippen LogP contribution in [0.2, 0.25) is 0 Å². The monoisotopic (exact) mass is 343 g/mol. The first-order chi connectivity index (χ1) is 11.5. The van der Waals surface area contributed by atoms with E-state index in [-0.39, 0.29) is 5.78 Å². The van der Waals surface area contributed by atoms with Crippen molar-refractivity contribution in [2.75, 3.05) is 6.26 Å². The van der Waals surface area contributed by atoms with Gasteiger partial charge in [-0.05, 0) is 17.9 Å². The van der Waals surface area contributed by atoms with Crippen molar-refractivity contribution in [2.24, 2.45) is 0 Å². The fraction of sp³-hybridized carbons (Fsp3) is 0.222. The SMILES string of the molecule is C=Cc1ccc(C(=O)c2c(SC)cc3n2CCC3OC(=O)O)cc1. The van der Waals surface area contributed by atoms with Crippen LogP contribution in [0.25, 0.3) is 6.08 Å². The maximum Gasteiger partial charge on any atom is 0.506 e. The number of carbonyl (C=O) groups excluding carboxylic acids is 1. The number of ether oxygens (including phenoxy) is 1. The van der Waals surface area contributed by atoms with E-state index in [0.717, 1.165) is 16.2 Å². The molecule has 1 aromatic carbocycles. The highest BCUT2D eigenvalue weighted by atomic mass is 32.2. The number of nitrogens with zero attached hydrogens (tertiary/aromatic N) is 1. The molecule has 2 aromatic rings. The molecule has 24 heavy (non-hydrogen) atoms. The summed E-state index contributed by atoms with van der Waals surface area (Å²) in [6.07, 6.45) is 2.36. The Balaban J connectivity index is 1.99. The summed E-state index contributed by atoms with van der Waals surface area (Å²) in [6.45, 7) is 4.28. The van der Waals surface area contributed by atoms with Gasteiger partial charge in [-0.25, -0.2) is 4.79 Å². The van der Waals surface area contributed by atoms with Crippen molar-refractivity contribution in [1.82, 2.24) is 4.57 Å². The second kappa shape index (κ2) is 6.57. The first kappa shape index (κ1) is 16.4. The van der Waals surface area contributed by atoms with Gasteiger partial charge in [0.15, 0.2) is 0 Å². The van der Waals surface area contributed by atoms with Gasteiger partial charge in [-0.1, -0.05) is 36.9 Å². The Labute approximate surface area is 143 Å². The molecule has 0 saturated heterocycles.